The van der Waals surface area contributed by atoms with E-state index in [1.807, 2.05) is 0 Å². The van der Waals surface area contributed by atoms with Gasteiger partial charge < -0.3 is 1.43 Å². The topological polar surface area (TPSA) is 3.24 Å². The van der Waals surface area contributed by atoms with E-state index in [1.54, 1.807) is 0 Å². The van der Waals surface area contributed by atoms with E-state index in [1.165, 1.54) is 12.1 Å². The Morgan fingerprint density at radius 1 is 1.18 bits per heavy atom. The maximum absolute atomic E-state index is 12.3. The Labute approximate surface area is 85.5 Å². The van der Waals surface area contributed by atoms with E-state index in [0.717, 1.165) is 12.1 Å². The van der Waals surface area contributed by atoms with Crippen LogP contribution in [0.5, 0.6) is 0 Å². The summed E-state index contributed by atoms with van der Waals surface area (Å²) < 4.78 is 35.6. The summed E-state index contributed by atoms with van der Waals surface area (Å²) in [5, 5.41) is -1.25. The third kappa shape index (κ3) is 2.73. The fourth-order valence-electron chi connectivity index (χ4n) is 0.589. The molecule has 0 aromatic heterocycles. The molecule has 0 saturated carbocycles. The van der Waals surface area contributed by atoms with E-state index in [9.17, 15) is 13.4 Å². The van der Waals surface area contributed by atoms with Gasteiger partial charge in [-0.15, -0.1) is 0 Å². The normalized spacial score (nSPS) is 8.64. The Morgan fingerprint density at radius 2 is 1.73 bits per heavy atom. The maximum Gasteiger partial charge on any atom is 1.00 e. The third-order valence-corrected chi connectivity index (χ3v) is 1.03. The van der Waals surface area contributed by atoms with E-state index in [-0.39, 0.29) is 31.0 Å². The number of benzene rings is 1. The van der Waals surface area contributed by atoms with E-state index < -0.39 is 16.8 Å². The molecule has 0 saturated heterocycles. The van der Waals surface area contributed by atoms with Gasteiger partial charge in [-0.3, -0.25) is 0 Å². The number of nitrogens with zero attached hydrogens (tertiary/aromatic N) is 1. The quantitative estimate of drug-likeness (QED) is 0.407. The van der Waals surface area contributed by atoms with Gasteiger partial charge in [0.1, 0.15) is 5.69 Å². The first kappa shape index (κ1) is 10.8. The van der Waals surface area contributed by atoms with Gasteiger partial charge >= 0.3 is 29.6 Å². The monoisotopic (exact) mass is 171 g/mol. The van der Waals surface area contributed by atoms with Gasteiger partial charge in [0.15, 0.2) is 5.82 Å². The van der Waals surface area contributed by atoms with Crippen molar-refractivity contribution < 1.29 is 44.3 Å². The van der Waals surface area contributed by atoms with Crippen molar-refractivity contribution >= 4 is 5.69 Å². The molecule has 5 heteroatoms. The first-order chi connectivity index (χ1) is 4.72. The molecule has 1 aromatic carbocycles. The number of para-hydroxylation sites is 1. The van der Waals surface area contributed by atoms with E-state index >= 15 is 0 Å². The molecule has 0 aliphatic carbocycles. The fraction of sp³-hybridized carbons (Fsp3) is 0. The van der Waals surface area contributed by atoms with Gasteiger partial charge in [-0.1, -0.05) is 21.1 Å². The van der Waals surface area contributed by atoms with Crippen LogP contribution in [-0.2, 0) is 0 Å². The van der Waals surface area contributed by atoms with Gasteiger partial charge in [0.05, 0.1) is 0 Å². The molecule has 11 heavy (non-hydrogen) atoms. The second-order valence-corrected chi connectivity index (χ2v) is 1.68. The Kier molecular flexibility index (Phi) is 4.56. The number of rotatable bonds is 1. The molecular weight excluding hydrogens is 166 g/mol. The minimum absolute atomic E-state index is 0. The Bertz CT molecular complexity index is 234. The Hall–Kier alpha value is -0.190. The van der Waals surface area contributed by atoms with Crippen LogP contribution < -0.4 is 34.9 Å². The van der Waals surface area contributed by atoms with Gasteiger partial charge in [0.2, 0.25) is 0 Å². The Morgan fingerprint density at radius 3 is 2.09 bits per heavy atom. The molecule has 0 spiro atoms. The molecule has 56 valence electrons. The molecule has 1 nitrogen and oxygen atoms in total. The van der Waals surface area contributed by atoms with Crippen molar-refractivity contribution in [2.75, 3.05) is 5.34 Å². The molecule has 0 aliphatic heterocycles. The van der Waals surface area contributed by atoms with Crippen LogP contribution in [0.2, 0.25) is 0 Å². The number of hydrogen-bond donors (Lipinski definition) is 0. The third-order valence-electron chi connectivity index (χ3n) is 1.03. The van der Waals surface area contributed by atoms with Crippen LogP contribution >= 0.6 is 0 Å². The number of anilines is 1. The Balaban J connectivity index is 0. The zero-order valence-electron chi connectivity index (χ0n) is 6.89. The first-order valence-electron chi connectivity index (χ1n) is 2.58. The first-order valence-corrected chi connectivity index (χ1v) is 2.58. The van der Waals surface area contributed by atoms with Gasteiger partial charge in [0, 0.05) is 0 Å². The zero-order chi connectivity index (χ0) is 7.56. The smallest absolute Gasteiger partial charge is 1.00 e. The summed E-state index contributed by atoms with van der Waals surface area (Å²) >= 11 is 0. The molecule has 0 N–H and O–H groups in total. The summed E-state index contributed by atoms with van der Waals surface area (Å²) in [6, 6.07) is 4.66. The molecule has 1 aromatic rings. The maximum atomic E-state index is 12.3. The van der Waals surface area contributed by atoms with E-state index in [4.69, 9.17) is 0 Å². The number of hydrogen-bond acceptors (Lipinski definition) is 1. The van der Waals surface area contributed by atoms with Crippen LogP contribution in [-0.4, -0.2) is 0 Å². The molecule has 0 unspecified atom stereocenters. The van der Waals surface area contributed by atoms with Crippen LogP contribution in [0.4, 0.5) is 19.0 Å². The van der Waals surface area contributed by atoms with E-state index in [2.05, 4.69) is 0 Å². The minimum Gasteiger partial charge on any atom is -1.00 e. The average Bonchev–Trinajstić information content (AvgIpc) is 1.88. The van der Waals surface area contributed by atoms with Crippen molar-refractivity contribution in [1.29, 1.82) is 0 Å². The standard InChI is InChI=1S/C6H4F3N.Na.H/c7-5-3-1-2-4-6(5)10(8)9;;/h1-4H;;/q;+1;-1. The van der Waals surface area contributed by atoms with Crippen LogP contribution in [0, 0.1) is 5.82 Å². The predicted octanol–water partition coefficient (Wildman–Crippen LogP) is -0.482. The van der Waals surface area contributed by atoms with Crippen molar-refractivity contribution in [2.45, 2.75) is 0 Å². The van der Waals surface area contributed by atoms with Crippen molar-refractivity contribution in [3.63, 3.8) is 0 Å². The molecule has 0 heterocycles. The zero-order valence-corrected chi connectivity index (χ0v) is 7.89. The van der Waals surface area contributed by atoms with Crippen LogP contribution in [0.1, 0.15) is 1.43 Å². The summed E-state index contributed by atoms with van der Waals surface area (Å²) in [6.45, 7) is 0. The summed E-state index contributed by atoms with van der Waals surface area (Å²) in [4.78, 5) is 0. The van der Waals surface area contributed by atoms with E-state index in [0.29, 0.717) is 0 Å². The SMILES string of the molecule is Fc1ccccc1N(F)F.[H-].[Na+]. The predicted molar refractivity (Wildman–Crippen MR) is 32.2 cm³/mol. The number of halogens is 3. The summed E-state index contributed by atoms with van der Waals surface area (Å²) in [5.74, 6) is -0.924. The molecule has 0 amide bonds. The summed E-state index contributed by atoms with van der Waals surface area (Å²) in [5.41, 5.74) is -0.706. The molecule has 0 aliphatic rings. The van der Waals surface area contributed by atoms with Gasteiger partial charge in [-0.2, -0.15) is 0 Å². The molecule has 0 bridgehead atoms. The minimum atomic E-state index is -1.25. The molecule has 1 rings (SSSR count). The molecular formula is C6H5F3NNa. The summed E-state index contributed by atoms with van der Waals surface area (Å²) in [6.07, 6.45) is 0. The van der Waals surface area contributed by atoms with Crippen LogP contribution in [0.25, 0.3) is 0 Å². The fourth-order valence-corrected chi connectivity index (χ4v) is 0.589. The van der Waals surface area contributed by atoms with Crippen LogP contribution in [0.15, 0.2) is 24.3 Å². The van der Waals surface area contributed by atoms with Gasteiger partial charge in [0.25, 0.3) is 0 Å². The average molecular weight is 171 g/mol. The second kappa shape index (κ2) is 4.64. The van der Waals surface area contributed by atoms with Crippen molar-refractivity contribution in [3.05, 3.63) is 30.1 Å². The molecule has 0 radical (unpaired) electrons. The molecule has 0 atom stereocenters. The van der Waals surface area contributed by atoms with Crippen molar-refractivity contribution in [3.8, 4) is 0 Å². The van der Waals surface area contributed by atoms with Crippen molar-refractivity contribution in [2.24, 2.45) is 0 Å². The molecule has 0 fully saturated rings. The van der Waals surface area contributed by atoms with Gasteiger partial charge in [-0.25, -0.2) is 4.39 Å². The second-order valence-electron chi connectivity index (χ2n) is 1.68. The van der Waals surface area contributed by atoms with Crippen LogP contribution in [0.3, 0.4) is 0 Å². The summed E-state index contributed by atoms with van der Waals surface area (Å²) in [7, 11) is 0. The largest absolute Gasteiger partial charge is 1.00 e. The van der Waals surface area contributed by atoms with Crippen molar-refractivity contribution in [1.82, 2.24) is 0 Å². The van der Waals surface area contributed by atoms with Gasteiger partial charge in [-0.05, 0) is 17.5 Å².